The Balaban J connectivity index is 1.18. The molecule has 0 aliphatic carbocycles. The van der Waals surface area contributed by atoms with E-state index < -0.39 is 11.5 Å². The highest BCUT2D eigenvalue weighted by Gasteiger charge is 2.50. The van der Waals surface area contributed by atoms with Gasteiger partial charge < -0.3 is 20.1 Å². The number of piperidine rings is 2. The molecule has 7 rings (SSSR count). The zero-order chi connectivity index (χ0) is 31.0. The molecule has 44 heavy (non-hydrogen) atoms. The number of hydrogen-bond donors (Lipinski definition) is 2. The van der Waals surface area contributed by atoms with Gasteiger partial charge in [0.1, 0.15) is 17.6 Å². The molecular formula is C32H40N8O4. The van der Waals surface area contributed by atoms with Gasteiger partial charge in [0.15, 0.2) is 0 Å². The van der Waals surface area contributed by atoms with Gasteiger partial charge in [-0.05, 0) is 50.3 Å². The van der Waals surface area contributed by atoms with E-state index in [2.05, 4.69) is 40.1 Å². The summed E-state index contributed by atoms with van der Waals surface area (Å²) >= 11 is 0. The molecule has 0 saturated carbocycles. The number of nitriles is 1. The van der Waals surface area contributed by atoms with Crippen LogP contribution in [0, 0.1) is 22.7 Å². The van der Waals surface area contributed by atoms with Crippen molar-refractivity contribution in [3.63, 3.8) is 0 Å². The number of carboxylic acid groups (broad SMARTS) is 1. The molecule has 2 atom stereocenters. The van der Waals surface area contributed by atoms with Crippen LogP contribution in [0.2, 0.25) is 0 Å². The Morgan fingerprint density at radius 2 is 1.95 bits per heavy atom. The molecule has 4 aliphatic rings. The summed E-state index contributed by atoms with van der Waals surface area (Å²) in [5.74, 6) is 1.95. The molecule has 2 N–H and O–H groups in total. The molecule has 3 aromatic heterocycles. The van der Waals surface area contributed by atoms with E-state index in [9.17, 15) is 20.0 Å². The van der Waals surface area contributed by atoms with Crippen LogP contribution in [-0.2, 0) is 4.79 Å². The fraction of sp³-hybridized carbons (Fsp3) is 0.531. The number of rotatable bonds is 9. The second-order valence-electron chi connectivity index (χ2n) is 12.7. The second-order valence-corrected chi connectivity index (χ2v) is 12.7. The Labute approximate surface area is 257 Å². The fourth-order valence-electron chi connectivity index (χ4n) is 7.05. The molecule has 2 unspecified atom stereocenters. The first-order valence-corrected chi connectivity index (χ1v) is 15.5. The van der Waals surface area contributed by atoms with Crippen molar-refractivity contribution in [3.8, 4) is 22.9 Å². The summed E-state index contributed by atoms with van der Waals surface area (Å²) in [5, 5.41) is 26.7. The molecule has 4 saturated heterocycles. The summed E-state index contributed by atoms with van der Waals surface area (Å²) in [5.41, 5.74) is 2.34. The molecule has 7 heterocycles. The van der Waals surface area contributed by atoms with E-state index in [0.717, 1.165) is 23.4 Å². The Kier molecular flexibility index (Phi) is 8.07. The third-order valence-corrected chi connectivity index (χ3v) is 9.29. The average Bonchev–Trinajstić information content (AvgIpc) is 3.43. The Morgan fingerprint density at radius 1 is 1.20 bits per heavy atom. The number of nitrogens with zero attached hydrogens (tertiary/aromatic N) is 7. The quantitative estimate of drug-likeness (QED) is 0.378. The number of fused-ring (bicyclic) bond motifs is 3. The molecule has 232 valence electrons. The highest BCUT2D eigenvalue weighted by Crippen LogP contribution is 2.39. The number of carbonyl (C=O) groups excluding carboxylic acids is 1. The van der Waals surface area contributed by atoms with Gasteiger partial charge in [0, 0.05) is 56.6 Å². The van der Waals surface area contributed by atoms with Crippen LogP contribution in [0.25, 0.3) is 16.6 Å². The number of hydrogen-bond acceptors (Lipinski definition) is 8. The van der Waals surface area contributed by atoms with E-state index in [1.807, 2.05) is 31.3 Å². The number of aromatic nitrogens is 3. The minimum atomic E-state index is -0.843. The van der Waals surface area contributed by atoms with Crippen LogP contribution in [-0.4, -0.2) is 99.5 Å². The predicted molar refractivity (Wildman–Crippen MR) is 165 cm³/mol. The lowest BCUT2D eigenvalue weighted by molar-refractivity contribution is -0.136. The number of ether oxygens (including phenoxy) is 1. The maximum Gasteiger partial charge on any atom is 0.407 e. The number of nitrogens with one attached hydrogen (secondary N) is 1. The molecule has 0 radical (unpaired) electrons. The predicted octanol–water partition coefficient (Wildman–Crippen LogP) is 3.46. The van der Waals surface area contributed by atoms with E-state index in [0.29, 0.717) is 81.5 Å². The molecule has 3 aromatic rings. The average molecular weight is 601 g/mol. The first kappa shape index (κ1) is 29.7. The molecule has 0 spiro atoms. The number of carbonyl (C=O) groups is 2. The highest BCUT2D eigenvalue weighted by molar-refractivity contribution is 5.85. The molecule has 12 nitrogen and oxygen atoms in total. The lowest BCUT2D eigenvalue weighted by Gasteiger charge is -2.56. The summed E-state index contributed by atoms with van der Waals surface area (Å²) in [6.07, 6.45) is 6.59. The van der Waals surface area contributed by atoms with Crippen molar-refractivity contribution >= 4 is 23.3 Å². The number of piperazine rings is 1. The third kappa shape index (κ3) is 5.52. The van der Waals surface area contributed by atoms with Crippen molar-refractivity contribution in [3.05, 3.63) is 42.4 Å². The normalized spacial score (nSPS) is 21.2. The summed E-state index contributed by atoms with van der Waals surface area (Å²) in [7, 11) is 0. The van der Waals surface area contributed by atoms with Crippen molar-refractivity contribution in [2.24, 2.45) is 11.3 Å². The minimum Gasteiger partial charge on any atom is -0.492 e. The van der Waals surface area contributed by atoms with Gasteiger partial charge in [-0.15, -0.1) is 0 Å². The topological polar surface area (TPSA) is 139 Å². The van der Waals surface area contributed by atoms with Crippen molar-refractivity contribution in [1.82, 2.24) is 29.7 Å². The number of pyridine rings is 2. The van der Waals surface area contributed by atoms with Gasteiger partial charge in [0.2, 0.25) is 5.91 Å². The van der Waals surface area contributed by atoms with Gasteiger partial charge in [-0.1, -0.05) is 13.8 Å². The van der Waals surface area contributed by atoms with Crippen molar-refractivity contribution in [2.75, 3.05) is 50.8 Å². The van der Waals surface area contributed by atoms with Gasteiger partial charge in [0.25, 0.3) is 0 Å². The fourth-order valence-corrected chi connectivity index (χ4v) is 7.05. The second kappa shape index (κ2) is 12.0. The summed E-state index contributed by atoms with van der Waals surface area (Å²) in [4.78, 5) is 36.2. The highest BCUT2D eigenvalue weighted by atomic mass is 16.5. The Bertz CT molecular complexity index is 1560. The third-order valence-electron chi connectivity index (χ3n) is 9.29. The zero-order valence-electron chi connectivity index (χ0n) is 25.6. The first-order chi connectivity index (χ1) is 21.2. The number of anilines is 1. The summed E-state index contributed by atoms with van der Waals surface area (Å²) in [6.45, 7) is 10.6. The molecule has 2 amide bonds. The van der Waals surface area contributed by atoms with Gasteiger partial charge in [0.05, 0.1) is 47.6 Å². The van der Waals surface area contributed by atoms with Crippen LogP contribution < -0.4 is 15.0 Å². The van der Waals surface area contributed by atoms with E-state index in [4.69, 9.17) is 9.72 Å². The van der Waals surface area contributed by atoms with Gasteiger partial charge in [-0.25, -0.2) is 14.3 Å². The van der Waals surface area contributed by atoms with E-state index in [1.165, 1.54) is 0 Å². The SMILES string of the molecule is CCOc1cc(-c2ccc(N3CCC(CN4CC5CC(C4)N5C(=O)O)(C(=O)NCC(C)C)CC3)nc2)c2c(C#N)cnn2c1. The minimum absolute atomic E-state index is 0.0205. The smallest absolute Gasteiger partial charge is 0.407 e. The molecule has 4 fully saturated rings. The lowest BCUT2D eigenvalue weighted by atomic mass is 9.75. The standard InChI is InChI=1S/C32H40N8O4/c1-4-44-26-12-27(29-23(13-33)16-36-39(29)19-26)22-5-6-28(34-15-22)38-9-7-32(8-10-38,30(41)35-14-21(2)3)20-37-17-24-11-25(18-37)40(24)31(42)43/h5-6,12,15-16,19,21,24-25H,4,7-11,14,17-18,20H2,1-3H3,(H,35,41)(H,42,43). The lowest BCUT2D eigenvalue weighted by Crippen LogP contribution is -2.71. The van der Waals surface area contributed by atoms with Crippen molar-refractivity contribution in [1.29, 1.82) is 5.26 Å². The molecule has 2 bridgehead atoms. The monoisotopic (exact) mass is 600 g/mol. The van der Waals surface area contributed by atoms with Crippen LogP contribution in [0.15, 0.2) is 36.8 Å². The van der Waals surface area contributed by atoms with E-state index in [1.54, 1.807) is 21.8 Å². The van der Waals surface area contributed by atoms with Crippen LogP contribution in [0.5, 0.6) is 5.75 Å². The zero-order valence-corrected chi connectivity index (χ0v) is 25.6. The summed E-state index contributed by atoms with van der Waals surface area (Å²) in [6, 6.07) is 8.19. The van der Waals surface area contributed by atoms with Crippen molar-refractivity contribution in [2.45, 2.75) is 52.1 Å². The molecular weight excluding hydrogens is 560 g/mol. The van der Waals surface area contributed by atoms with Gasteiger partial charge in [-0.2, -0.15) is 10.4 Å². The first-order valence-electron chi connectivity index (χ1n) is 15.5. The van der Waals surface area contributed by atoms with Gasteiger partial charge in [-0.3, -0.25) is 14.6 Å². The number of amides is 2. The van der Waals surface area contributed by atoms with E-state index in [-0.39, 0.29) is 18.0 Å². The van der Waals surface area contributed by atoms with E-state index >= 15 is 0 Å². The summed E-state index contributed by atoms with van der Waals surface area (Å²) < 4.78 is 7.42. The Morgan fingerprint density at radius 3 is 2.57 bits per heavy atom. The van der Waals surface area contributed by atoms with Crippen molar-refractivity contribution < 1.29 is 19.4 Å². The maximum absolute atomic E-state index is 13.7. The molecule has 4 aliphatic heterocycles. The maximum atomic E-state index is 13.7. The van der Waals surface area contributed by atoms with Crippen LogP contribution in [0.3, 0.4) is 0 Å². The molecule has 0 aromatic carbocycles. The largest absolute Gasteiger partial charge is 0.492 e. The molecule has 12 heteroatoms. The van der Waals surface area contributed by atoms with Gasteiger partial charge >= 0.3 is 6.09 Å². The van der Waals surface area contributed by atoms with Crippen LogP contribution in [0.4, 0.5) is 10.6 Å². The van der Waals surface area contributed by atoms with Crippen LogP contribution >= 0.6 is 0 Å². The Hall–Kier alpha value is -4.37. The van der Waals surface area contributed by atoms with Crippen LogP contribution in [0.1, 0.15) is 45.6 Å².